The molecule has 0 aromatic carbocycles. The molecule has 2 aliphatic rings. The highest BCUT2D eigenvalue weighted by Gasteiger charge is 2.32. The highest BCUT2D eigenvalue weighted by atomic mass is 16.1. The third-order valence-corrected chi connectivity index (χ3v) is 3.07. The number of carbonyl (C=O) groups excluding carboxylic acids is 2. The van der Waals surface area contributed by atoms with Crippen LogP contribution in [0.3, 0.4) is 0 Å². The highest BCUT2D eigenvalue weighted by molar-refractivity contribution is 6.00. The molecule has 2 heteroatoms. The fourth-order valence-corrected chi connectivity index (χ4v) is 2.28. The van der Waals surface area contributed by atoms with Crippen LogP contribution in [0, 0.1) is 11.8 Å². The molecule has 2 nitrogen and oxygen atoms in total. The van der Waals surface area contributed by atoms with Crippen molar-refractivity contribution in [3.63, 3.8) is 0 Å². The summed E-state index contributed by atoms with van der Waals surface area (Å²) in [6.07, 6.45) is 10.6. The Labute approximate surface area is 83.7 Å². The summed E-state index contributed by atoms with van der Waals surface area (Å²) in [5, 5.41) is 0. The molecular weight excluding hydrogens is 176 g/mol. The molecule has 2 atom stereocenters. The van der Waals surface area contributed by atoms with E-state index in [-0.39, 0.29) is 23.4 Å². The third-order valence-electron chi connectivity index (χ3n) is 3.07. The quantitative estimate of drug-likeness (QED) is 0.634. The molecule has 0 saturated carbocycles. The van der Waals surface area contributed by atoms with E-state index in [4.69, 9.17) is 0 Å². The van der Waals surface area contributed by atoms with Gasteiger partial charge < -0.3 is 0 Å². The fourth-order valence-electron chi connectivity index (χ4n) is 2.28. The molecule has 0 bridgehead atoms. The van der Waals surface area contributed by atoms with Crippen LogP contribution in [-0.2, 0) is 9.59 Å². The van der Waals surface area contributed by atoms with E-state index in [1.807, 2.05) is 12.2 Å². The van der Waals surface area contributed by atoms with E-state index in [1.165, 1.54) is 0 Å². The molecule has 2 aliphatic carbocycles. The Morgan fingerprint density at radius 1 is 0.857 bits per heavy atom. The van der Waals surface area contributed by atoms with Crippen LogP contribution in [0.1, 0.15) is 25.7 Å². The first-order chi connectivity index (χ1) is 6.79. The predicted octanol–water partition coefficient (Wildman–Crippen LogP) is 2.06. The molecule has 0 N–H and O–H groups in total. The number of allylic oxidation sites excluding steroid dienone is 4. The maximum Gasteiger partial charge on any atom is 0.159 e. The van der Waals surface area contributed by atoms with Crippen LogP contribution < -0.4 is 0 Å². The zero-order chi connectivity index (χ0) is 9.97. The van der Waals surface area contributed by atoms with E-state index in [0.717, 1.165) is 25.7 Å². The van der Waals surface area contributed by atoms with Crippen molar-refractivity contribution >= 4 is 11.6 Å². The van der Waals surface area contributed by atoms with Crippen LogP contribution in [0.5, 0.6) is 0 Å². The van der Waals surface area contributed by atoms with Crippen molar-refractivity contribution in [2.24, 2.45) is 11.8 Å². The lowest BCUT2D eigenvalue weighted by atomic mass is 9.76. The minimum Gasteiger partial charge on any atom is -0.295 e. The molecule has 0 aromatic rings. The minimum atomic E-state index is -0.0440. The van der Waals surface area contributed by atoms with E-state index in [9.17, 15) is 9.59 Å². The monoisotopic (exact) mass is 190 g/mol. The van der Waals surface area contributed by atoms with Crippen LogP contribution in [0.25, 0.3) is 0 Å². The lowest BCUT2D eigenvalue weighted by Crippen LogP contribution is -2.30. The molecule has 0 saturated heterocycles. The molecular formula is C12H14O2. The van der Waals surface area contributed by atoms with Crippen LogP contribution in [0.4, 0.5) is 0 Å². The maximum atomic E-state index is 11.6. The topological polar surface area (TPSA) is 34.1 Å². The van der Waals surface area contributed by atoms with Crippen molar-refractivity contribution in [3.8, 4) is 0 Å². The van der Waals surface area contributed by atoms with Crippen LogP contribution >= 0.6 is 0 Å². The first-order valence-electron chi connectivity index (χ1n) is 5.20. The predicted molar refractivity (Wildman–Crippen MR) is 53.7 cm³/mol. The maximum absolute atomic E-state index is 11.6. The molecule has 0 radical (unpaired) electrons. The summed E-state index contributed by atoms with van der Waals surface area (Å²) in [4.78, 5) is 23.2. The van der Waals surface area contributed by atoms with E-state index in [0.29, 0.717) is 0 Å². The Kier molecular flexibility index (Phi) is 2.62. The number of carbonyl (C=O) groups is 2. The molecule has 0 heterocycles. The van der Waals surface area contributed by atoms with Gasteiger partial charge in [-0.1, -0.05) is 12.2 Å². The third kappa shape index (κ3) is 1.69. The first-order valence-corrected chi connectivity index (χ1v) is 5.20. The average Bonchev–Trinajstić information content (AvgIpc) is 2.20. The summed E-state index contributed by atoms with van der Waals surface area (Å²) in [6, 6.07) is 0. The highest BCUT2D eigenvalue weighted by Crippen LogP contribution is 2.30. The SMILES string of the molecule is O=C1C=CCC[C@@H]1[C@H]1CCC=CC1=O. The molecule has 74 valence electrons. The molecule has 0 amide bonds. The summed E-state index contributed by atoms with van der Waals surface area (Å²) < 4.78 is 0. The second kappa shape index (κ2) is 3.91. The molecule has 0 unspecified atom stereocenters. The largest absolute Gasteiger partial charge is 0.295 e. The Hall–Kier alpha value is -1.18. The standard InChI is InChI=1S/C12H14O2/c13-11-7-3-1-5-9(11)10-6-2-4-8-12(10)14/h3-4,7-10H,1-2,5-6H2/t9-,10-/m1/s1. The van der Waals surface area contributed by atoms with Gasteiger partial charge in [-0.2, -0.15) is 0 Å². The Balaban J connectivity index is 2.14. The van der Waals surface area contributed by atoms with Gasteiger partial charge >= 0.3 is 0 Å². The van der Waals surface area contributed by atoms with Gasteiger partial charge in [0.15, 0.2) is 11.6 Å². The molecule has 0 aromatic heterocycles. The zero-order valence-electron chi connectivity index (χ0n) is 8.11. The lowest BCUT2D eigenvalue weighted by molar-refractivity contribution is -0.128. The summed E-state index contributed by atoms with van der Waals surface area (Å²) in [5.41, 5.74) is 0. The Morgan fingerprint density at radius 2 is 1.29 bits per heavy atom. The van der Waals surface area contributed by atoms with E-state index >= 15 is 0 Å². The van der Waals surface area contributed by atoms with Gasteiger partial charge in [0.25, 0.3) is 0 Å². The molecule has 0 fully saturated rings. The zero-order valence-corrected chi connectivity index (χ0v) is 8.11. The van der Waals surface area contributed by atoms with Gasteiger partial charge in [0.1, 0.15) is 0 Å². The van der Waals surface area contributed by atoms with Gasteiger partial charge in [-0.05, 0) is 37.8 Å². The normalized spacial score (nSPS) is 32.3. The van der Waals surface area contributed by atoms with Crippen LogP contribution in [0.15, 0.2) is 24.3 Å². The van der Waals surface area contributed by atoms with Crippen molar-refractivity contribution < 1.29 is 9.59 Å². The Bertz CT molecular complexity index is 280. The van der Waals surface area contributed by atoms with E-state index < -0.39 is 0 Å². The summed E-state index contributed by atoms with van der Waals surface area (Å²) >= 11 is 0. The minimum absolute atomic E-state index is 0.0440. The second-order valence-electron chi connectivity index (χ2n) is 3.98. The van der Waals surface area contributed by atoms with Crippen molar-refractivity contribution in [3.05, 3.63) is 24.3 Å². The summed E-state index contributed by atoms with van der Waals surface area (Å²) in [7, 11) is 0. The number of hydrogen-bond donors (Lipinski definition) is 0. The summed E-state index contributed by atoms with van der Waals surface area (Å²) in [6.45, 7) is 0. The lowest BCUT2D eigenvalue weighted by Gasteiger charge is -2.26. The average molecular weight is 190 g/mol. The smallest absolute Gasteiger partial charge is 0.159 e. The number of rotatable bonds is 1. The first kappa shape index (κ1) is 9.38. The van der Waals surface area contributed by atoms with E-state index in [2.05, 4.69) is 0 Å². The van der Waals surface area contributed by atoms with Crippen molar-refractivity contribution in [2.45, 2.75) is 25.7 Å². The van der Waals surface area contributed by atoms with Crippen molar-refractivity contribution in [1.82, 2.24) is 0 Å². The van der Waals surface area contributed by atoms with Crippen molar-refractivity contribution in [2.75, 3.05) is 0 Å². The number of ketones is 2. The van der Waals surface area contributed by atoms with Crippen LogP contribution in [0.2, 0.25) is 0 Å². The van der Waals surface area contributed by atoms with Gasteiger partial charge in [-0.3, -0.25) is 9.59 Å². The van der Waals surface area contributed by atoms with Gasteiger partial charge in [0.2, 0.25) is 0 Å². The summed E-state index contributed by atoms with van der Waals surface area (Å²) in [5.74, 6) is 0.199. The second-order valence-corrected chi connectivity index (χ2v) is 3.98. The van der Waals surface area contributed by atoms with Gasteiger partial charge in [-0.15, -0.1) is 0 Å². The van der Waals surface area contributed by atoms with Gasteiger partial charge in [0, 0.05) is 11.8 Å². The Morgan fingerprint density at radius 3 is 1.64 bits per heavy atom. The van der Waals surface area contributed by atoms with Crippen molar-refractivity contribution in [1.29, 1.82) is 0 Å². The van der Waals surface area contributed by atoms with Gasteiger partial charge in [-0.25, -0.2) is 0 Å². The van der Waals surface area contributed by atoms with Gasteiger partial charge in [0.05, 0.1) is 0 Å². The van der Waals surface area contributed by atoms with Crippen LogP contribution in [-0.4, -0.2) is 11.6 Å². The number of hydrogen-bond acceptors (Lipinski definition) is 2. The molecule has 14 heavy (non-hydrogen) atoms. The molecule has 0 aliphatic heterocycles. The fraction of sp³-hybridized carbons (Fsp3) is 0.500. The van der Waals surface area contributed by atoms with E-state index in [1.54, 1.807) is 12.2 Å². The molecule has 2 rings (SSSR count). The molecule has 0 spiro atoms.